The summed E-state index contributed by atoms with van der Waals surface area (Å²) >= 11 is 12.6. The molecule has 2 aromatic rings. The third kappa shape index (κ3) is 6.71. The number of carbonyl (C=O) groups is 2. The number of halogens is 3. The van der Waals surface area contributed by atoms with Crippen molar-refractivity contribution in [3.05, 3.63) is 55.9 Å². The van der Waals surface area contributed by atoms with Crippen LogP contribution in [0.15, 0.2) is 45.3 Å². The molecule has 0 heterocycles. The van der Waals surface area contributed by atoms with Crippen LogP contribution >= 0.6 is 43.5 Å². The summed E-state index contributed by atoms with van der Waals surface area (Å²) in [5, 5.41) is 0.370. The zero-order chi connectivity index (χ0) is 20.0. The molecular formula is C18H17Br2ClN2O4. The molecule has 0 radical (unpaired) electrons. The van der Waals surface area contributed by atoms with E-state index in [1.54, 1.807) is 36.4 Å². The Balaban J connectivity index is 1.85. The van der Waals surface area contributed by atoms with Crippen LogP contribution in [0.25, 0.3) is 0 Å². The van der Waals surface area contributed by atoms with Crippen LogP contribution in [0.3, 0.4) is 0 Å². The topological polar surface area (TPSA) is 76.7 Å². The second-order valence-corrected chi connectivity index (χ2v) is 7.85. The van der Waals surface area contributed by atoms with Gasteiger partial charge in [-0.15, -0.1) is 0 Å². The van der Waals surface area contributed by atoms with Gasteiger partial charge in [-0.1, -0.05) is 27.5 Å². The van der Waals surface area contributed by atoms with E-state index < -0.39 is 11.8 Å². The van der Waals surface area contributed by atoms with Gasteiger partial charge >= 0.3 is 0 Å². The molecular weight excluding hydrogens is 503 g/mol. The molecule has 0 aliphatic carbocycles. The highest BCUT2D eigenvalue weighted by Gasteiger charge is 2.12. The summed E-state index contributed by atoms with van der Waals surface area (Å²) < 4.78 is 12.4. The Morgan fingerprint density at radius 1 is 1.07 bits per heavy atom. The van der Waals surface area contributed by atoms with Crippen LogP contribution in [0.1, 0.15) is 24.2 Å². The maximum absolute atomic E-state index is 12.1. The first kappa shape index (κ1) is 21.5. The fourth-order valence-corrected chi connectivity index (χ4v) is 3.16. The fourth-order valence-electron chi connectivity index (χ4n) is 1.96. The molecule has 0 atom stereocenters. The number of nitrogens with one attached hydrogen (secondary N) is 2. The summed E-state index contributed by atoms with van der Waals surface area (Å²) in [4.78, 5) is 24.0. The predicted octanol–water partition coefficient (Wildman–Crippen LogP) is 4.49. The van der Waals surface area contributed by atoms with Gasteiger partial charge in [0.25, 0.3) is 11.8 Å². The number of amides is 2. The van der Waals surface area contributed by atoms with Gasteiger partial charge in [0, 0.05) is 10.0 Å². The van der Waals surface area contributed by atoms with Crippen molar-refractivity contribution in [1.29, 1.82) is 0 Å². The Morgan fingerprint density at radius 2 is 1.78 bits per heavy atom. The summed E-state index contributed by atoms with van der Waals surface area (Å²) in [6, 6.07) is 9.92. The maximum atomic E-state index is 12.1. The number of hydrazine groups is 1. The highest BCUT2D eigenvalue weighted by Crippen LogP contribution is 2.28. The van der Waals surface area contributed by atoms with Gasteiger partial charge < -0.3 is 9.47 Å². The Bertz CT molecular complexity index is 846. The minimum Gasteiger partial charge on any atom is -0.490 e. The van der Waals surface area contributed by atoms with Crippen molar-refractivity contribution in [2.24, 2.45) is 0 Å². The Kier molecular flexibility index (Phi) is 7.94. The summed E-state index contributed by atoms with van der Waals surface area (Å²) in [7, 11) is 0. The van der Waals surface area contributed by atoms with Gasteiger partial charge in [-0.05, 0) is 66.2 Å². The lowest BCUT2D eigenvalue weighted by Gasteiger charge is -2.13. The molecule has 144 valence electrons. The van der Waals surface area contributed by atoms with E-state index in [1.807, 2.05) is 13.8 Å². The fraction of sp³-hybridized carbons (Fsp3) is 0.222. The lowest BCUT2D eigenvalue weighted by atomic mass is 10.2. The lowest BCUT2D eigenvalue weighted by Crippen LogP contribution is -2.43. The van der Waals surface area contributed by atoms with Gasteiger partial charge in [0.15, 0.2) is 6.61 Å². The second-order valence-electron chi connectivity index (χ2n) is 5.68. The summed E-state index contributed by atoms with van der Waals surface area (Å²) in [5.41, 5.74) is 4.97. The lowest BCUT2D eigenvalue weighted by molar-refractivity contribution is -0.123. The van der Waals surface area contributed by atoms with Crippen LogP contribution < -0.4 is 20.3 Å². The average molecular weight is 521 g/mol. The molecule has 2 aromatic carbocycles. The van der Waals surface area contributed by atoms with Gasteiger partial charge in [-0.2, -0.15) is 0 Å². The smallest absolute Gasteiger partial charge is 0.276 e. The average Bonchev–Trinajstić information content (AvgIpc) is 2.60. The van der Waals surface area contributed by atoms with Crippen LogP contribution in [0.4, 0.5) is 0 Å². The zero-order valence-electron chi connectivity index (χ0n) is 14.5. The Hall–Kier alpha value is -1.77. The normalized spacial score (nSPS) is 10.4. The molecule has 27 heavy (non-hydrogen) atoms. The minimum absolute atomic E-state index is 0.0134. The number of carbonyl (C=O) groups excluding carboxylic acids is 2. The van der Waals surface area contributed by atoms with Crippen LogP contribution in [0, 0.1) is 0 Å². The first-order valence-electron chi connectivity index (χ1n) is 7.89. The molecule has 0 saturated carbocycles. The Morgan fingerprint density at radius 3 is 2.41 bits per heavy atom. The van der Waals surface area contributed by atoms with Crippen molar-refractivity contribution >= 4 is 55.3 Å². The standard InChI is InChI=1S/C18H17Br2ClN2O4/c1-10(2)27-15-5-3-11(7-13(15)20)18(25)23-22-17(24)9-26-16-6-4-12(19)8-14(16)21/h3-8,10H,9H2,1-2H3,(H,22,24)(H,23,25). The van der Waals surface area contributed by atoms with Gasteiger partial charge in [0.2, 0.25) is 0 Å². The van der Waals surface area contributed by atoms with Crippen LogP contribution in [0.2, 0.25) is 5.02 Å². The van der Waals surface area contributed by atoms with Crippen LogP contribution in [0.5, 0.6) is 11.5 Å². The predicted molar refractivity (Wildman–Crippen MR) is 110 cm³/mol. The van der Waals surface area contributed by atoms with Gasteiger partial charge in [0.1, 0.15) is 11.5 Å². The van der Waals surface area contributed by atoms with Gasteiger partial charge in [-0.3, -0.25) is 20.4 Å². The maximum Gasteiger partial charge on any atom is 0.276 e. The first-order chi connectivity index (χ1) is 12.8. The van der Waals surface area contributed by atoms with Gasteiger partial charge in [-0.25, -0.2) is 0 Å². The highest BCUT2D eigenvalue weighted by atomic mass is 79.9. The molecule has 2 N–H and O–H groups in total. The molecule has 0 aromatic heterocycles. The second kappa shape index (κ2) is 9.96. The number of ether oxygens (including phenoxy) is 2. The van der Waals surface area contributed by atoms with E-state index in [2.05, 4.69) is 42.7 Å². The molecule has 0 unspecified atom stereocenters. The number of hydrogen-bond acceptors (Lipinski definition) is 4. The van der Waals surface area contributed by atoms with Crippen molar-refractivity contribution in [1.82, 2.24) is 10.9 Å². The number of rotatable bonds is 6. The number of hydrogen-bond donors (Lipinski definition) is 2. The van der Waals surface area contributed by atoms with Crippen LogP contribution in [-0.4, -0.2) is 24.5 Å². The third-order valence-electron chi connectivity index (χ3n) is 3.12. The van der Waals surface area contributed by atoms with E-state index in [1.165, 1.54) is 0 Å². The Labute approximate surface area is 178 Å². The molecule has 0 aliphatic rings. The largest absolute Gasteiger partial charge is 0.490 e. The molecule has 0 saturated heterocycles. The van der Waals surface area contributed by atoms with E-state index in [4.69, 9.17) is 21.1 Å². The molecule has 0 spiro atoms. The molecule has 9 heteroatoms. The zero-order valence-corrected chi connectivity index (χ0v) is 18.4. The monoisotopic (exact) mass is 518 g/mol. The molecule has 2 amide bonds. The summed E-state index contributed by atoms with van der Waals surface area (Å²) in [6.07, 6.45) is 0.0134. The summed E-state index contributed by atoms with van der Waals surface area (Å²) in [6.45, 7) is 3.52. The highest BCUT2D eigenvalue weighted by molar-refractivity contribution is 9.10. The van der Waals surface area contributed by atoms with Crippen molar-refractivity contribution in [2.75, 3.05) is 6.61 Å². The van der Waals surface area contributed by atoms with E-state index in [-0.39, 0.29) is 12.7 Å². The molecule has 0 fully saturated rings. The van der Waals surface area contributed by atoms with Crippen molar-refractivity contribution in [2.45, 2.75) is 20.0 Å². The van der Waals surface area contributed by atoms with Crippen molar-refractivity contribution < 1.29 is 19.1 Å². The molecule has 6 nitrogen and oxygen atoms in total. The SMILES string of the molecule is CC(C)Oc1ccc(C(=O)NNC(=O)COc2ccc(Br)cc2Cl)cc1Br. The van der Waals surface area contributed by atoms with Crippen molar-refractivity contribution in [3.8, 4) is 11.5 Å². The van der Waals surface area contributed by atoms with Gasteiger partial charge in [0.05, 0.1) is 15.6 Å². The number of benzene rings is 2. The minimum atomic E-state index is -0.527. The van der Waals surface area contributed by atoms with E-state index in [0.29, 0.717) is 26.6 Å². The third-order valence-corrected chi connectivity index (χ3v) is 4.53. The van der Waals surface area contributed by atoms with Crippen LogP contribution in [-0.2, 0) is 4.79 Å². The van der Waals surface area contributed by atoms with E-state index in [9.17, 15) is 9.59 Å². The van der Waals surface area contributed by atoms with E-state index in [0.717, 1.165) is 4.47 Å². The molecule has 2 rings (SSSR count). The quantitative estimate of drug-likeness (QED) is 0.551. The molecule has 0 bridgehead atoms. The molecule has 0 aliphatic heterocycles. The summed E-state index contributed by atoms with van der Waals surface area (Å²) in [5.74, 6) is -0.000592. The first-order valence-corrected chi connectivity index (χ1v) is 9.86. The van der Waals surface area contributed by atoms with E-state index >= 15 is 0 Å². The van der Waals surface area contributed by atoms with Crippen molar-refractivity contribution in [3.63, 3.8) is 0 Å².